The Bertz CT molecular complexity index is 2030. The first-order valence-electron chi connectivity index (χ1n) is 15.2. The van der Waals surface area contributed by atoms with E-state index < -0.39 is 124 Å². The van der Waals surface area contributed by atoms with Gasteiger partial charge in [0.25, 0.3) is 0 Å². The van der Waals surface area contributed by atoms with E-state index in [9.17, 15) is 70.6 Å². The van der Waals surface area contributed by atoms with Gasteiger partial charge < -0.3 is 84.6 Å². The van der Waals surface area contributed by atoms with Crippen LogP contribution in [0.4, 0.5) is 0 Å². The van der Waals surface area contributed by atoms with E-state index >= 15 is 0 Å². The SMILES string of the molecule is COc1cc(OC2OC(COC(=O)c3cc(O)c(O)c(O)c3)C(O)C(OC(=O)c3cc(O)c(O)c(O)c3)C2OC(=O)c2cc(O)c(O)c(O)c2)ccc1O. The first-order chi connectivity index (χ1) is 25.5. The van der Waals surface area contributed by atoms with Crippen LogP contribution in [0.25, 0.3) is 0 Å². The lowest BCUT2D eigenvalue weighted by atomic mass is 9.98. The highest BCUT2D eigenvalue weighted by Gasteiger charge is 2.52. The lowest BCUT2D eigenvalue weighted by molar-refractivity contribution is -0.276. The zero-order valence-corrected chi connectivity index (χ0v) is 27.4. The second kappa shape index (κ2) is 15.2. The number of hydrogen-bond donors (Lipinski definition) is 11. The Morgan fingerprint density at radius 1 is 0.593 bits per heavy atom. The van der Waals surface area contributed by atoms with Crippen molar-refractivity contribution in [1.29, 1.82) is 0 Å². The van der Waals surface area contributed by atoms with Gasteiger partial charge in [-0.05, 0) is 48.5 Å². The van der Waals surface area contributed by atoms with Gasteiger partial charge in [-0.25, -0.2) is 14.4 Å². The van der Waals surface area contributed by atoms with Crippen LogP contribution in [0.2, 0.25) is 0 Å². The second-order valence-electron chi connectivity index (χ2n) is 11.4. The molecule has 5 rings (SSSR count). The predicted molar refractivity (Wildman–Crippen MR) is 173 cm³/mol. The predicted octanol–water partition coefficient (Wildman–Crippen LogP) is 1.52. The number of esters is 3. The Kier molecular flexibility index (Phi) is 10.7. The molecule has 0 spiro atoms. The van der Waals surface area contributed by atoms with Gasteiger partial charge in [0.1, 0.15) is 24.6 Å². The number of benzene rings is 4. The normalized spacial score (nSPS) is 19.3. The highest BCUT2D eigenvalue weighted by Crippen LogP contribution is 2.39. The van der Waals surface area contributed by atoms with Crippen LogP contribution in [-0.2, 0) is 18.9 Å². The fourth-order valence-corrected chi connectivity index (χ4v) is 5.04. The van der Waals surface area contributed by atoms with Crippen LogP contribution in [-0.4, -0.2) is 119 Å². The summed E-state index contributed by atoms with van der Waals surface area (Å²) in [6.45, 7) is -0.906. The van der Waals surface area contributed by atoms with Gasteiger partial charge in [0, 0.05) is 6.07 Å². The van der Waals surface area contributed by atoms with Crippen LogP contribution in [0, 0.1) is 0 Å². The van der Waals surface area contributed by atoms with E-state index in [1.54, 1.807) is 0 Å². The Morgan fingerprint density at radius 3 is 1.46 bits per heavy atom. The molecule has 1 heterocycles. The summed E-state index contributed by atoms with van der Waals surface area (Å²) in [5.74, 6) is -13.1. The van der Waals surface area contributed by atoms with Gasteiger partial charge in [0.05, 0.1) is 23.8 Å². The summed E-state index contributed by atoms with van der Waals surface area (Å²) in [6.07, 6.45) is -9.92. The van der Waals surface area contributed by atoms with Crippen molar-refractivity contribution in [2.75, 3.05) is 13.7 Å². The third kappa shape index (κ3) is 7.83. The molecule has 11 N–H and O–H groups in total. The summed E-state index contributed by atoms with van der Waals surface area (Å²) in [5.41, 5.74) is -1.66. The smallest absolute Gasteiger partial charge is 0.339 e. The topological polar surface area (TPSA) is 329 Å². The maximum Gasteiger partial charge on any atom is 0.339 e. The summed E-state index contributed by atoms with van der Waals surface area (Å²) in [6, 6.07) is 7.75. The van der Waals surface area contributed by atoms with Crippen LogP contribution in [0.5, 0.6) is 69.0 Å². The third-order valence-corrected chi connectivity index (χ3v) is 7.80. The van der Waals surface area contributed by atoms with Crippen LogP contribution < -0.4 is 9.47 Å². The van der Waals surface area contributed by atoms with Crippen molar-refractivity contribution < 1.29 is 99.0 Å². The van der Waals surface area contributed by atoms with Gasteiger partial charge in [-0.1, -0.05) is 0 Å². The maximum absolute atomic E-state index is 13.4. The first-order valence-corrected chi connectivity index (χ1v) is 15.2. The minimum atomic E-state index is -2.11. The number of rotatable bonds is 10. The molecule has 20 heteroatoms. The number of aliphatic hydroxyl groups excluding tert-OH is 1. The molecule has 1 fully saturated rings. The fraction of sp³-hybridized carbons (Fsp3) is 0.206. The van der Waals surface area contributed by atoms with Crippen LogP contribution in [0.15, 0.2) is 54.6 Å². The zero-order valence-electron chi connectivity index (χ0n) is 27.4. The van der Waals surface area contributed by atoms with Crippen molar-refractivity contribution in [3.05, 3.63) is 71.3 Å². The Balaban J connectivity index is 1.54. The van der Waals surface area contributed by atoms with Gasteiger partial charge in [-0.3, -0.25) is 0 Å². The lowest BCUT2D eigenvalue weighted by Gasteiger charge is -2.43. The number of ether oxygens (including phenoxy) is 6. The van der Waals surface area contributed by atoms with Crippen molar-refractivity contribution in [2.24, 2.45) is 0 Å². The molecular formula is C34H30O20. The Hall–Kier alpha value is -7.19. The highest BCUT2D eigenvalue weighted by molar-refractivity contribution is 5.93. The van der Waals surface area contributed by atoms with E-state index in [1.165, 1.54) is 13.2 Å². The number of carbonyl (C=O) groups is 3. The monoisotopic (exact) mass is 758 g/mol. The van der Waals surface area contributed by atoms with E-state index in [2.05, 4.69) is 0 Å². The molecule has 54 heavy (non-hydrogen) atoms. The Morgan fingerprint density at radius 2 is 1.02 bits per heavy atom. The van der Waals surface area contributed by atoms with Crippen LogP contribution in [0.1, 0.15) is 31.1 Å². The number of phenolic OH excluding ortho intramolecular Hbond substituents is 10. The van der Waals surface area contributed by atoms with Gasteiger partial charge in [0.2, 0.25) is 12.4 Å². The van der Waals surface area contributed by atoms with Crippen molar-refractivity contribution in [1.82, 2.24) is 0 Å². The van der Waals surface area contributed by atoms with E-state index in [4.69, 9.17) is 28.4 Å². The third-order valence-electron chi connectivity index (χ3n) is 7.80. The molecule has 0 radical (unpaired) electrons. The van der Waals surface area contributed by atoms with Crippen molar-refractivity contribution in [3.63, 3.8) is 0 Å². The number of hydrogen-bond acceptors (Lipinski definition) is 20. The van der Waals surface area contributed by atoms with E-state index in [0.29, 0.717) is 24.3 Å². The van der Waals surface area contributed by atoms with E-state index in [-0.39, 0.29) is 17.2 Å². The fourth-order valence-electron chi connectivity index (χ4n) is 5.04. The molecule has 20 nitrogen and oxygen atoms in total. The number of carbonyl (C=O) groups excluding carboxylic acids is 3. The Labute approximate surface area is 301 Å². The molecule has 0 saturated carbocycles. The second-order valence-corrected chi connectivity index (χ2v) is 11.4. The summed E-state index contributed by atoms with van der Waals surface area (Å²) in [5, 5.41) is 110. The average molecular weight is 759 g/mol. The average Bonchev–Trinajstić information content (AvgIpc) is 3.13. The molecule has 0 aromatic heterocycles. The summed E-state index contributed by atoms with van der Waals surface area (Å²) >= 11 is 0. The minimum absolute atomic E-state index is 0.118. The van der Waals surface area contributed by atoms with Gasteiger partial charge in [0.15, 0.2) is 69.3 Å². The van der Waals surface area contributed by atoms with E-state index in [1.807, 2.05) is 0 Å². The molecule has 0 aliphatic carbocycles. The molecule has 0 amide bonds. The largest absolute Gasteiger partial charge is 0.504 e. The number of aromatic hydroxyl groups is 10. The summed E-state index contributed by atoms with van der Waals surface area (Å²) in [4.78, 5) is 39.6. The molecule has 1 aliphatic rings. The van der Waals surface area contributed by atoms with Crippen molar-refractivity contribution in [3.8, 4) is 69.0 Å². The van der Waals surface area contributed by atoms with E-state index in [0.717, 1.165) is 24.3 Å². The van der Waals surface area contributed by atoms with Gasteiger partial charge in [-0.2, -0.15) is 0 Å². The molecular weight excluding hydrogens is 728 g/mol. The van der Waals surface area contributed by atoms with Crippen LogP contribution >= 0.6 is 0 Å². The first kappa shape index (κ1) is 38.1. The standard InChI is InChI=1S/C34H30O20/c1-49-23-10-15(2-3-16(23)35)51-34-30(54-33(48)14-8-21(40)27(44)22(41)9-14)29(53-32(47)13-6-19(38)26(43)20(39)7-13)28(45)24(52-34)11-50-31(46)12-4-17(36)25(42)18(37)5-12/h2-10,24,28-30,34-45H,11H2,1H3. The molecule has 286 valence electrons. The maximum atomic E-state index is 13.4. The molecule has 0 bridgehead atoms. The highest BCUT2D eigenvalue weighted by atomic mass is 16.7. The number of methoxy groups -OCH3 is 1. The number of aliphatic hydroxyl groups is 1. The minimum Gasteiger partial charge on any atom is -0.504 e. The molecule has 4 aromatic rings. The lowest BCUT2D eigenvalue weighted by Crippen LogP contribution is -2.62. The zero-order chi connectivity index (χ0) is 39.6. The van der Waals surface area contributed by atoms with Crippen molar-refractivity contribution in [2.45, 2.75) is 30.7 Å². The molecule has 1 aliphatic heterocycles. The molecule has 5 unspecified atom stereocenters. The van der Waals surface area contributed by atoms with Crippen LogP contribution in [0.3, 0.4) is 0 Å². The molecule has 4 aromatic carbocycles. The number of phenols is 10. The molecule has 1 saturated heterocycles. The quantitative estimate of drug-likeness (QED) is 0.0620. The summed E-state index contributed by atoms with van der Waals surface area (Å²) < 4.78 is 33.0. The van der Waals surface area contributed by atoms with Gasteiger partial charge >= 0.3 is 17.9 Å². The van der Waals surface area contributed by atoms with Crippen molar-refractivity contribution >= 4 is 17.9 Å². The molecule has 5 atom stereocenters. The van der Waals surface area contributed by atoms with Gasteiger partial charge in [-0.15, -0.1) is 0 Å². The summed E-state index contributed by atoms with van der Waals surface area (Å²) in [7, 11) is 1.21.